The first kappa shape index (κ1) is 47.5. The number of halogens is 6. The van der Waals surface area contributed by atoms with Crippen LogP contribution in [-0.4, -0.2) is 144 Å². The number of likely N-dealkylation sites (tertiary alicyclic amines) is 3. The van der Waals surface area contributed by atoms with Crippen LogP contribution < -0.4 is 5.32 Å². The number of esters is 1. The molecule has 1 unspecified atom stereocenters. The third kappa shape index (κ3) is 8.95. The van der Waals surface area contributed by atoms with Gasteiger partial charge in [0, 0.05) is 56.3 Å². The molecule has 4 atom stereocenters. The molecule has 7 aliphatic rings. The van der Waals surface area contributed by atoms with Gasteiger partial charge >= 0.3 is 18.3 Å². The molecule has 2 aliphatic carbocycles. The van der Waals surface area contributed by atoms with Crippen LogP contribution in [-0.2, 0) is 28.6 Å². The van der Waals surface area contributed by atoms with E-state index < -0.39 is 76.9 Å². The van der Waals surface area contributed by atoms with E-state index >= 15 is 0 Å². The van der Waals surface area contributed by atoms with Gasteiger partial charge in [-0.1, -0.05) is 43.7 Å². The molecular weight excluding hydrogens is 879 g/mol. The number of aromatic nitrogens is 2. The molecule has 1 saturated carbocycles. The highest BCUT2D eigenvalue weighted by atomic mass is 19.4. The third-order valence-electron chi connectivity index (χ3n) is 14.9. The summed E-state index contributed by atoms with van der Waals surface area (Å²) in [6.07, 6.45) is -2.28. The summed E-state index contributed by atoms with van der Waals surface area (Å²) < 4.78 is 102. The van der Waals surface area contributed by atoms with Crippen LogP contribution >= 0.6 is 0 Å². The molecule has 1 aromatic carbocycles. The van der Waals surface area contributed by atoms with E-state index in [0.717, 1.165) is 60.7 Å². The van der Waals surface area contributed by atoms with Crippen molar-refractivity contribution in [3.05, 3.63) is 65.5 Å². The maximum absolute atomic E-state index is 14.8. The smallest absolute Gasteiger partial charge is 0.410 e. The molecule has 1 N–H and O–H groups in total. The molecule has 1 spiro atoms. The van der Waals surface area contributed by atoms with Gasteiger partial charge in [0.15, 0.2) is 5.41 Å². The third-order valence-corrected chi connectivity index (χ3v) is 14.9. The van der Waals surface area contributed by atoms with Crippen LogP contribution in [0.5, 0.6) is 0 Å². The number of alkyl halides is 6. The Bertz CT molecular complexity index is 2190. The number of rotatable bonds is 14. The van der Waals surface area contributed by atoms with E-state index in [0.29, 0.717) is 29.7 Å². The fourth-order valence-corrected chi connectivity index (χ4v) is 10.8. The Morgan fingerprint density at radius 2 is 1.61 bits per heavy atom. The molecule has 14 nitrogen and oxygen atoms in total. The lowest BCUT2D eigenvalue weighted by Gasteiger charge is -2.51. The van der Waals surface area contributed by atoms with Crippen molar-refractivity contribution in [3.63, 3.8) is 0 Å². The van der Waals surface area contributed by atoms with Crippen molar-refractivity contribution in [2.75, 3.05) is 59.6 Å². The topological polar surface area (TPSA) is 153 Å². The first-order chi connectivity index (χ1) is 31.2. The van der Waals surface area contributed by atoms with Crippen molar-refractivity contribution in [3.8, 4) is 0 Å². The van der Waals surface area contributed by atoms with Gasteiger partial charge in [-0.2, -0.15) is 31.4 Å². The maximum Gasteiger partial charge on any atom is 0.410 e. The average molecular weight is 935 g/mol. The predicted molar refractivity (Wildman–Crippen MR) is 223 cm³/mol. The van der Waals surface area contributed by atoms with Crippen LogP contribution in [0.25, 0.3) is 0 Å². The van der Waals surface area contributed by atoms with Crippen LogP contribution in [0.3, 0.4) is 0 Å². The van der Waals surface area contributed by atoms with Crippen molar-refractivity contribution in [1.82, 2.24) is 29.8 Å². The fourth-order valence-electron chi connectivity index (χ4n) is 10.8. The van der Waals surface area contributed by atoms with Gasteiger partial charge in [-0.05, 0) is 69.4 Å². The van der Waals surface area contributed by atoms with Crippen LogP contribution in [0.15, 0.2) is 48.8 Å². The number of carbonyl (C=O) groups excluding carboxylic acids is 5. The van der Waals surface area contributed by atoms with Crippen molar-refractivity contribution in [1.29, 1.82) is 0 Å². The molecule has 6 fully saturated rings. The molecule has 6 heterocycles. The molecule has 4 amide bonds. The molecule has 0 radical (unpaired) electrons. The van der Waals surface area contributed by atoms with Crippen LogP contribution in [0.4, 0.5) is 26.3 Å². The van der Waals surface area contributed by atoms with Gasteiger partial charge in [0.25, 0.3) is 5.91 Å². The number of benzene rings is 1. The van der Waals surface area contributed by atoms with Gasteiger partial charge in [-0.3, -0.25) is 23.9 Å². The minimum absolute atomic E-state index is 0.0712. The number of methoxy groups -OCH3 is 1. The minimum Gasteiger partial charge on any atom is -0.465 e. The first-order valence-corrected chi connectivity index (χ1v) is 22.7. The standard InChI is InChI=1S/C46H56F6N6O8/c1-4-7-35(45(47,48)49)58-21-30(20-53-58)38(60)56-22-34(43(23-56)24-57(25-43)41(63)44(16-17-44)46(50,51)52)37(59)54-36(28(2)65-26-42-14-10-31(11-15-42)66-27-42)39(61)55-18-12-29(13-19-55)32-8-5-6-9-33(32)40(62)64-3/h5-6,8-9,16-17,20-21,28-29,31,34-36H,4,7,10-15,18-19,22-27H2,1-3H3,(H,54,59)/t28-,31?,34+,35?,36+,42?/m1/s1. The number of amides is 4. The predicted octanol–water partition coefficient (Wildman–Crippen LogP) is 5.85. The Morgan fingerprint density at radius 3 is 2.20 bits per heavy atom. The molecule has 2 bridgehead atoms. The summed E-state index contributed by atoms with van der Waals surface area (Å²) in [6, 6.07) is 3.88. The molecular formula is C46H56F6N6O8. The molecule has 1 aromatic heterocycles. The van der Waals surface area contributed by atoms with E-state index in [1.165, 1.54) is 12.0 Å². The van der Waals surface area contributed by atoms with E-state index in [-0.39, 0.29) is 81.7 Å². The molecule has 9 rings (SSSR count). The van der Waals surface area contributed by atoms with E-state index in [1.807, 2.05) is 12.1 Å². The maximum atomic E-state index is 14.8. The Labute approximate surface area is 378 Å². The number of nitrogens with zero attached hydrogens (tertiary/aromatic N) is 5. The monoisotopic (exact) mass is 934 g/mol. The zero-order valence-electron chi connectivity index (χ0n) is 37.2. The summed E-state index contributed by atoms with van der Waals surface area (Å²) >= 11 is 0. The normalized spacial score (nSPS) is 25.9. The van der Waals surface area contributed by atoms with Gasteiger partial charge in [-0.25, -0.2) is 4.79 Å². The SMILES string of the molecule is CCCC(n1cc(C(=O)N2C[C@@H](C(=O)N[C@H](C(=O)N3CCC(c4ccccc4C(=O)OC)CC3)[C@@H](C)OCC34CCC(CC3)OC4)C3(C2)CN(C(=O)C2(C(F)(F)F)C=C2)C3)cn1)C(F)(F)F. The summed E-state index contributed by atoms with van der Waals surface area (Å²) in [6.45, 7) is 3.42. The Morgan fingerprint density at radius 1 is 0.939 bits per heavy atom. The number of fused-ring (bicyclic) bond motifs is 3. The Kier molecular flexibility index (Phi) is 12.9. The number of nitrogens with one attached hydrogen (secondary N) is 1. The van der Waals surface area contributed by atoms with Gasteiger partial charge < -0.3 is 34.2 Å². The second kappa shape index (κ2) is 17.9. The second-order valence-electron chi connectivity index (χ2n) is 19.2. The van der Waals surface area contributed by atoms with Crippen LogP contribution in [0, 0.1) is 22.2 Å². The summed E-state index contributed by atoms with van der Waals surface area (Å²) in [4.78, 5) is 73.4. The molecule has 20 heteroatoms. The van der Waals surface area contributed by atoms with Gasteiger partial charge in [0.05, 0.1) is 55.8 Å². The molecule has 360 valence electrons. The zero-order chi connectivity index (χ0) is 47.4. The summed E-state index contributed by atoms with van der Waals surface area (Å²) in [5.74, 6) is -4.80. The first-order valence-electron chi connectivity index (χ1n) is 22.7. The van der Waals surface area contributed by atoms with Gasteiger partial charge in [-0.15, -0.1) is 0 Å². The zero-order valence-corrected chi connectivity index (χ0v) is 37.2. The van der Waals surface area contributed by atoms with Crippen molar-refractivity contribution >= 4 is 29.6 Å². The highest BCUT2D eigenvalue weighted by Crippen LogP contribution is 2.54. The number of carbonyl (C=O) groups is 5. The van der Waals surface area contributed by atoms with Crippen LogP contribution in [0.1, 0.15) is 103 Å². The number of ether oxygens (including phenoxy) is 3. The number of hydrogen-bond donors (Lipinski definition) is 1. The Balaban J connectivity index is 1.04. The van der Waals surface area contributed by atoms with Crippen LogP contribution in [0.2, 0.25) is 0 Å². The largest absolute Gasteiger partial charge is 0.465 e. The number of piperidine rings is 1. The average Bonchev–Trinajstić information content (AvgIpc) is 3.83. The quantitative estimate of drug-likeness (QED) is 0.140. The second-order valence-corrected chi connectivity index (χ2v) is 19.2. The fraction of sp³-hybridized carbons (Fsp3) is 0.652. The lowest BCUT2D eigenvalue weighted by molar-refractivity contribution is -0.199. The van der Waals surface area contributed by atoms with Crippen molar-refractivity contribution < 1.29 is 64.5 Å². The number of hydrogen-bond acceptors (Lipinski definition) is 9. The van der Waals surface area contributed by atoms with Gasteiger partial charge in [0.2, 0.25) is 17.7 Å². The molecule has 5 saturated heterocycles. The summed E-state index contributed by atoms with van der Waals surface area (Å²) in [7, 11) is 1.31. The molecule has 2 aromatic rings. The molecule has 5 aliphatic heterocycles. The van der Waals surface area contributed by atoms with Gasteiger partial charge in [0.1, 0.15) is 12.1 Å². The van der Waals surface area contributed by atoms with Crippen molar-refractivity contribution in [2.45, 2.75) is 108 Å². The highest BCUT2D eigenvalue weighted by Gasteiger charge is 2.68. The summed E-state index contributed by atoms with van der Waals surface area (Å²) in [5, 5.41) is 6.77. The lowest BCUT2D eigenvalue weighted by Crippen LogP contribution is -2.67. The van der Waals surface area contributed by atoms with E-state index in [4.69, 9.17) is 14.2 Å². The Hall–Kier alpha value is -4.98. The lowest BCUT2D eigenvalue weighted by atomic mass is 9.70. The van der Waals surface area contributed by atoms with Crippen molar-refractivity contribution in [2.24, 2.45) is 22.2 Å². The van der Waals surface area contributed by atoms with E-state index in [9.17, 15) is 50.3 Å². The highest BCUT2D eigenvalue weighted by molar-refractivity contribution is 5.97. The molecule has 66 heavy (non-hydrogen) atoms. The summed E-state index contributed by atoms with van der Waals surface area (Å²) in [5.41, 5.74) is -3.24. The van der Waals surface area contributed by atoms with E-state index in [1.54, 1.807) is 30.9 Å². The minimum atomic E-state index is -4.89. The van der Waals surface area contributed by atoms with E-state index in [2.05, 4.69) is 10.4 Å².